The van der Waals surface area contributed by atoms with Crippen LogP contribution in [0.3, 0.4) is 0 Å². The minimum Gasteiger partial charge on any atom is -0.487 e. The van der Waals surface area contributed by atoms with Crippen LogP contribution in [0.1, 0.15) is 42.0 Å². The number of hydrogen-bond donors (Lipinski definition) is 0. The van der Waals surface area contributed by atoms with Crippen molar-refractivity contribution in [3.05, 3.63) is 76.4 Å². The van der Waals surface area contributed by atoms with Crippen molar-refractivity contribution in [2.75, 3.05) is 13.2 Å². The summed E-state index contributed by atoms with van der Waals surface area (Å²) in [6, 6.07) is 13.6. The number of aryl methyl sites for hydroxylation is 3. The van der Waals surface area contributed by atoms with Gasteiger partial charge in [-0.3, -0.25) is 0 Å². The SMILES string of the molecule is CCOC(=O)/C(=C/c1ccc(OCc2nc(-c3ccccc3C)oc2C)cc1C)OCC. The molecule has 3 aromatic rings. The van der Waals surface area contributed by atoms with Crippen LogP contribution in [0.5, 0.6) is 5.75 Å². The Hall–Kier alpha value is -3.54. The fourth-order valence-corrected chi connectivity index (χ4v) is 3.20. The number of carbonyl (C=O) groups excluding carboxylic acids is 1. The average molecular weight is 436 g/mol. The summed E-state index contributed by atoms with van der Waals surface area (Å²) < 4.78 is 22.3. The zero-order chi connectivity index (χ0) is 23.1. The monoisotopic (exact) mass is 435 g/mol. The summed E-state index contributed by atoms with van der Waals surface area (Å²) in [7, 11) is 0. The van der Waals surface area contributed by atoms with Gasteiger partial charge in [0.25, 0.3) is 0 Å². The number of hydrogen-bond acceptors (Lipinski definition) is 6. The van der Waals surface area contributed by atoms with Gasteiger partial charge in [0.2, 0.25) is 11.6 Å². The van der Waals surface area contributed by atoms with E-state index >= 15 is 0 Å². The van der Waals surface area contributed by atoms with Crippen LogP contribution < -0.4 is 4.74 Å². The van der Waals surface area contributed by atoms with E-state index in [4.69, 9.17) is 18.6 Å². The second kappa shape index (κ2) is 10.7. The van der Waals surface area contributed by atoms with Crippen molar-refractivity contribution in [3.63, 3.8) is 0 Å². The van der Waals surface area contributed by atoms with Crippen LogP contribution in [0, 0.1) is 20.8 Å². The lowest BCUT2D eigenvalue weighted by molar-refractivity contribution is -0.142. The topological polar surface area (TPSA) is 70.8 Å². The molecule has 6 nitrogen and oxygen atoms in total. The molecule has 0 amide bonds. The molecule has 3 rings (SSSR count). The Bertz CT molecular complexity index is 1110. The molecule has 1 aromatic heterocycles. The Balaban J connectivity index is 1.73. The van der Waals surface area contributed by atoms with Crippen LogP contribution in [-0.4, -0.2) is 24.2 Å². The van der Waals surface area contributed by atoms with Gasteiger partial charge in [-0.15, -0.1) is 0 Å². The number of nitrogens with zero attached hydrogens (tertiary/aromatic N) is 1. The normalized spacial score (nSPS) is 11.3. The van der Waals surface area contributed by atoms with E-state index in [9.17, 15) is 4.79 Å². The van der Waals surface area contributed by atoms with E-state index in [0.29, 0.717) is 31.5 Å². The molecule has 0 spiro atoms. The van der Waals surface area contributed by atoms with E-state index in [1.165, 1.54) is 0 Å². The van der Waals surface area contributed by atoms with Crippen molar-refractivity contribution >= 4 is 12.0 Å². The lowest BCUT2D eigenvalue weighted by Crippen LogP contribution is -2.10. The van der Waals surface area contributed by atoms with E-state index in [1.807, 2.05) is 70.2 Å². The standard InChI is InChI=1S/C26H29NO5/c1-6-29-24(26(28)30-7-2)15-20-12-13-21(14-18(20)4)31-16-23-19(5)32-25(27-23)22-11-9-8-10-17(22)3/h8-15H,6-7,16H2,1-5H3/b24-15-. The number of esters is 1. The minimum atomic E-state index is -0.472. The number of ether oxygens (including phenoxy) is 3. The Morgan fingerprint density at radius 1 is 1.00 bits per heavy atom. The minimum absolute atomic E-state index is 0.188. The third-order valence-corrected chi connectivity index (χ3v) is 4.95. The molecule has 0 bridgehead atoms. The van der Waals surface area contributed by atoms with Gasteiger partial charge in [-0.2, -0.15) is 0 Å². The van der Waals surface area contributed by atoms with Crippen LogP contribution in [0.25, 0.3) is 17.5 Å². The molecule has 0 aliphatic carbocycles. The summed E-state index contributed by atoms with van der Waals surface area (Å²) in [6.07, 6.45) is 1.69. The van der Waals surface area contributed by atoms with Crippen LogP contribution in [-0.2, 0) is 20.9 Å². The Morgan fingerprint density at radius 3 is 2.44 bits per heavy atom. The van der Waals surface area contributed by atoms with Crippen molar-refractivity contribution in [1.82, 2.24) is 4.98 Å². The molecule has 168 valence electrons. The first-order chi connectivity index (χ1) is 15.4. The van der Waals surface area contributed by atoms with Gasteiger partial charge in [-0.05, 0) is 75.6 Å². The predicted molar refractivity (Wildman–Crippen MR) is 123 cm³/mol. The summed E-state index contributed by atoms with van der Waals surface area (Å²) in [4.78, 5) is 16.7. The highest BCUT2D eigenvalue weighted by atomic mass is 16.6. The molecule has 2 aromatic carbocycles. The molecule has 0 aliphatic heterocycles. The highest BCUT2D eigenvalue weighted by molar-refractivity contribution is 5.91. The van der Waals surface area contributed by atoms with E-state index in [-0.39, 0.29) is 5.76 Å². The Labute approximate surface area is 188 Å². The first kappa shape index (κ1) is 23.1. The number of oxazole rings is 1. The predicted octanol–water partition coefficient (Wildman–Crippen LogP) is 5.79. The second-order valence-electron chi connectivity index (χ2n) is 7.31. The number of benzene rings is 2. The highest BCUT2D eigenvalue weighted by Crippen LogP contribution is 2.26. The molecule has 0 saturated carbocycles. The fraction of sp³-hybridized carbons (Fsp3) is 0.308. The van der Waals surface area contributed by atoms with Gasteiger partial charge in [-0.1, -0.05) is 24.3 Å². The maximum absolute atomic E-state index is 12.1. The van der Waals surface area contributed by atoms with Crippen molar-refractivity contribution in [2.45, 2.75) is 41.2 Å². The van der Waals surface area contributed by atoms with E-state index in [2.05, 4.69) is 4.98 Å². The summed E-state index contributed by atoms with van der Waals surface area (Å²) in [6.45, 7) is 10.4. The molecule has 32 heavy (non-hydrogen) atoms. The van der Waals surface area contributed by atoms with Gasteiger partial charge in [-0.25, -0.2) is 9.78 Å². The zero-order valence-corrected chi connectivity index (χ0v) is 19.2. The van der Waals surface area contributed by atoms with Crippen LogP contribution >= 0.6 is 0 Å². The molecule has 0 radical (unpaired) electrons. The van der Waals surface area contributed by atoms with Gasteiger partial charge < -0.3 is 18.6 Å². The van der Waals surface area contributed by atoms with Crippen LogP contribution in [0.4, 0.5) is 0 Å². The molecule has 0 saturated heterocycles. The molecule has 0 unspecified atom stereocenters. The van der Waals surface area contributed by atoms with Gasteiger partial charge in [0.05, 0.1) is 13.2 Å². The molecule has 0 atom stereocenters. The molecule has 0 fully saturated rings. The second-order valence-corrected chi connectivity index (χ2v) is 7.31. The van der Waals surface area contributed by atoms with Crippen molar-refractivity contribution in [1.29, 1.82) is 0 Å². The lowest BCUT2D eigenvalue weighted by atomic mass is 10.1. The highest BCUT2D eigenvalue weighted by Gasteiger charge is 2.15. The number of aromatic nitrogens is 1. The summed E-state index contributed by atoms with van der Waals surface area (Å²) in [5, 5.41) is 0. The van der Waals surface area contributed by atoms with Crippen LogP contribution in [0.2, 0.25) is 0 Å². The Morgan fingerprint density at radius 2 is 1.75 bits per heavy atom. The molecular formula is C26H29NO5. The molecule has 0 N–H and O–H groups in total. The quantitative estimate of drug-likeness (QED) is 0.241. The molecular weight excluding hydrogens is 406 g/mol. The van der Waals surface area contributed by atoms with Gasteiger partial charge in [0, 0.05) is 5.56 Å². The van der Waals surface area contributed by atoms with Crippen molar-refractivity contribution in [3.8, 4) is 17.2 Å². The molecule has 1 heterocycles. The first-order valence-electron chi connectivity index (χ1n) is 10.7. The molecule has 6 heteroatoms. The van der Waals surface area contributed by atoms with Gasteiger partial charge >= 0.3 is 5.97 Å². The lowest BCUT2D eigenvalue weighted by Gasteiger charge is -2.10. The molecule has 0 aliphatic rings. The summed E-state index contributed by atoms with van der Waals surface area (Å²) >= 11 is 0. The maximum Gasteiger partial charge on any atom is 0.373 e. The first-order valence-corrected chi connectivity index (χ1v) is 10.7. The van der Waals surface area contributed by atoms with E-state index < -0.39 is 5.97 Å². The number of carbonyl (C=O) groups is 1. The third kappa shape index (κ3) is 5.58. The largest absolute Gasteiger partial charge is 0.487 e. The summed E-state index contributed by atoms with van der Waals surface area (Å²) in [5.41, 5.74) is 4.64. The van der Waals surface area contributed by atoms with Gasteiger partial charge in [0.15, 0.2) is 0 Å². The zero-order valence-electron chi connectivity index (χ0n) is 19.2. The maximum atomic E-state index is 12.1. The van der Waals surface area contributed by atoms with Crippen LogP contribution in [0.15, 0.2) is 52.6 Å². The summed E-state index contributed by atoms with van der Waals surface area (Å²) in [5.74, 6) is 1.75. The third-order valence-electron chi connectivity index (χ3n) is 4.95. The van der Waals surface area contributed by atoms with Gasteiger partial charge in [0.1, 0.15) is 23.8 Å². The van der Waals surface area contributed by atoms with Crippen molar-refractivity contribution < 1.29 is 23.4 Å². The van der Waals surface area contributed by atoms with E-state index in [1.54, 1.807) is 13.0 Å². The average Bonchev–Trinajstić information content (AvgIpc) is 3.14. The number of rotatable bonds is 9. The van der Waals surface area contributed by atoms with Crippen molar-refractivity contribution in [2.24, 2.45) is 0 Å². The Kier molecular flexibility index (Phi) is 7.71. The van der Waals surface area contributed by atoms with E-state index in [0.717, 1.165) is 33.7 Å². The fourth-order valence-electron chi connectivity index (χ4n) is 3.20. The smallest absolute Gasteiger partial charge is 0.373 e.